The van der Waals surface area contributed by atoms with Gasteiger partial charge in [-0.1, -0.05) is 0 Å². The zero-order valence-electron chi connectivity index (χ0n) is 7.38. The van der Waals surface area contributed by atoms with Gasteiger partial charge in [-0.05, 0) is 29.8 Å². The molecule has 66 valence electrons. The first kappa shape index (κ1) is 8.39. The molecule has 0 amide bonds. The molecule has 0 radical (unpaired) electrons. The minimum absolute atomic E-state index is 0.443. The van der Waals surface area contributed by atoms with E-state index in [4.69, 9.17) is 5.26 Å². The van der Waals surface area contributed by atoms with E-state index in [0.717, 1.165) is 11.1 Å². The smallest absolute Gasteiger partial charge is 0.148 e. The summed E-state index contributed by atoms with van der Waals surface area (Å²) in [6.45, 7) is 0. The Bertz CT molecular complexity index is 471. The number of nitriles is 1. The lowest BCUT2D eigenvalue weighted by Crippen LogP contribution is -1.87. The summed E-state index contributed by atoms with van der Waals surface area (Å²) >= 11 is 0. The van der Waals surface area contributed by atoms with Crippen LogP contribution in [0.5, 0.6) is 0 Å². The second-order valence-corrected chi connectivity index (χ2v) is 2.75. The second-order valence-electron chi connectivity index (χ2n) is 2.75. The van der Waals surface area contributed by atoms with Crippen molar-refractivity contribution in [2.24, 2.45) is 0 Å². The fourth-order valence-electron chi connectivity index (χ4n) is 1.26. The summed E-state index contributed by atoms with van der Waals surface area (Å²) in [7, 11) is 0. The largest absolute Gasteiger partial charge is 0.265 e. The maximum Gasteiger partial charge on any atom is 0.148 e. The van der Waals surface area contributed by atoms with E-state index < -0.39 is 0 Å². The molecule has 14 heavy (non-hydrogen) atoms. The molecule has 2 heterocycles. The lowest BCUT2D eigenvalue weighted by atomic mass is 10.1. The van der Waals surface area contributed by atoms with Gasteiger partial charge in [0.2, 0.25) is 0 Å². The number of hydrogen-bond donors (Lipinski definition) is 0. The Hall–Kier alpha value is -2.21. The van der Waals surface area contributed by atoms with Gasteiger partial charge in [0.1, 0.15) is 11.8 Å². The molecule has 3 nitrogen and oxygen atoms in total. The van der Waals surface area contributed by atoms with Crippen LogP contribution in [0.3, 0.4) is 0 Å². The van der Waals surface area contributed by atoms with Crippen LogP contribution in [0.4, 0.5) is 0 Å². The van der Waals surface area contributed by atoms with Gasteiger partial charge in [0.15, 0.2) is 0 Å². The van der Waals surface area contributed by atoms with E-state index in [9.17, 15) is 0 Å². The van der Waals surface area contributed by atoms with Gasteiger partial charge in [-0.3, -0.25) is 4.98 Å². The lowest BCUT2D eigenvalue weighted by molar-refractivity contribution is 1.26. The molecule has 0 aliphatic rings. The van der Waals surface area contributed by atoms with E-state index >= 15 is 0 Å². The van der Waals surface area contributed by atoms with Gasteiger partial charge in [-0.2, -0.15) is 5.26 Å². The number of nitrogens with zero attached hydrogens (tertiary/aromatic N) is 3. The maximum atomic E-state index is 8.85. The van der Waals surface area contributed by atoms with Crippen molar-refractivity contribution in [3.05, 3.63) is 48.5 Å². The predicted molar refractivity (Wildman–Crippen MR) is 52.2 cm³/mol. The summed E-state index contributed by atoms with van der Waals surface area (Å²) in [4.78, 5) is 7.92. The standard InChI is InChI=1S/C11H7N3/c12-8-11-10(2-1-5-14-11)9-3-6-13-7-4-9/h1-7H. The maximum absolute atomic E-state index is 8.85. The molecule has 0 aliphatic carbocycles. The molecule has 2 aromatic heterocycles. The molecule has 0 saturated carbocycles. The highest BCUT2D eigenvalue weighted by Gasteiger charge is 2.03. The molecule has 0 spiro atoms. The third-order valence-corrected chi connectivity index (χ3v) is 1.90. The molecule has 0 aliphatic heterocycles. The van der Waals surface area contributed by atoms with Crippen LogP contribution < -0.4 is 0 Å². The van der Waals surface area contributed by atoms with E-state index in [1.54, 1.807) is 18.6 Å². The van der Waals surface area contributed by atoms with Crippen LogP contribution in [-0.2, 0) is 0 Å². The van der Waals surface area contributed by atoms with Crippen LogP contribution in [0.25, 0.3) is 11.1 Å². The van der Waals surface area contributed by atoms with Gasteiger partial charge in [-0.15, -0.1) is 0 Å². The highest BCUT2D eigenvalue weighted by Crippen LogP contribution is 2.19. The van der Waals surface area contributed by atoms with Crippen LogP contribution in [0.1, 0.15) is 5.69 Å². The normalized spacial score (nSPS) is 9.36. The van der Waals surface area contributed by atoms with Crippen molar-refractivity contribution in [2.45, 2.75) is 0 Å². The van der Waals surface area contributed by atoms with Crippen LogP contribution >= 0.6 is 0 Å². The number of rotatable bonds is 1. The van der Waals surface area contributed by atoms with Crippen molar-refractivity contribution in [1.82, 2.24) is 9.97 Å². The quantitative estimate of drug-likeness (QED) is 0.676. The Morgan fingerprint density at radius 3 is 2.57 bits per heavy atom. The van der Waals surface area contributed by atoms with Crippen molar-refractivity contribution in [3.63, 3.8) is 0 Å². The fourth-order valence-corrected chi connectivity index (χ4v) is 1.26. The Labute approximate surface area is 81.7 Å². The molecule has 0 aromatic carbocycles. The zero-order valence-corrected chi connectivity index (χ0v) is 7.38. The molecule has 2 rings (SSSR count). The molecule has 2 aromatic rings. The van der Waals surface area contributed by atoms with Gasteiger partial charge in [0.05, 0.1) is 0 Å². The highest BCUT2D eigenvalue weighted by molar-refractivity contribution is 5.67. The first-order valence-corrected chi connectivity index (χ1v) is 4.17. The summed E-state index contributed by atoms with van der Waals surface area (Å²) in [6, 6.07) is 9.47. The molecule has 0 N–H and O–H groups in total. The first-order chi connectivity index (χ1) is 6.92. The van der Waals surface area contributed by atoms with Crippen LogP contribution in [0.15, 0.2) is 42.9 Å². The summed E-state index contributed by atoms with van der Waals surface area (Å²) < 4.78 is 0. The van der Waals surface area contributed by atoms with Crippen LogP contribution in [0.2, 0.25) is 0 Å². The number of aromatic nitrogens is 2. The van der Waals surface area contributed by atoms with E-state index in [0.29, 0.717) is 5.69 Å². The minimum Gasteiger partial charge on any atom is -0.265 e. The molecule has 0 fully saturated rings. The van der Waals surface area contributed by atoms with Gasteiger partial charge < -0.3 is 0 Å². The van der Waals surface area contributed by atoms with Crippen LogP contribution in [0, 0.1) is 11.3 Å². The minimum atomic E-state index is 0.443. The van der Waals surface area contributed by atoms with E-state index in [2.05, 4.69) is 16.0 Å². The van der Waals surface area contributed by atoms with Crippen molar-refractivity contribution in [2.75, 3.05) is 0 Å². The third kappa shape index (κ3) is 1.46. The van der Waals surface area contributed by atoms with Crippen molar-refractivity contribution in [3.8, 4) is 17.2 Å². The monoisotopic (exact) mass is 181 g/mol. The Kier molecular flexibility index (Phi) is 2.20. The fraction of sp³-hybridized carbons (Fsp3) is 0. The molecular weight excluding hydrogens is 174 g/mol. The molecule has 0 bridgehead atoms. The third-order valence-electron chi connectivity index (χ3n) is 1.90. The van der Waals surface area contributed by atoms with Crippen molar-refractivity contribution >= 4 is 0 Å². The average Bonchev–Trinajstić information content (AvgIpc) is 2.30. The Morgan fingerprint density at radius 1 is 1.07 bits per heavy atom. The molecule has 0 atom stereocenters. The Balaban J connectivity index is 2.58. The van der Waals surface area contributed by atoms with Crippen molar-refractivity contribution in [1.29, 1.82) is 5.26 Å². The Morgan fingerprint density at radius 2 is 1.86 bits per heavy atom. The molecule has 0 saturated heterocycles. The SMILES string of the molecule is N#Cc1ncccc1-c1ccncc1. The molecule has 0 unspecified atom stereocenters. The predicted octanol–water partition coefficient (Wildman–Crippen LogP) is 2.02. The van der Waals surface area contributed by atoms with Gasteiger partial charge in [0, 0.05) is 24.2 Å². The number of pyridine rings is 2. The van der Waals surface area contributed by atoms with Gasteiger partial charge in [-0.25, -0.2) is 4.98 Å². The van der Waals surface area contributed by atoms with E-state index in [1.165, 1.54) is 0 Å². The summed E-state index contributed by atoms with van der Waals surface area (Å²) in [6.07, 6.45) is 5.01. The summed E-state index contributed by atoms with van der Waals surface area (Å²) in [5.74, 6) is 0. The zero-order chi connectivity index (χ0) is 9.80. The summed E-state index contributed by atoms with van der Waals surface area (Å²) in [5, 5.41) is 8.85. The number of hydrogen-bond acceptors (Lipinski definition) is 3. The van der Waals surface area contributed by atoms with E-state index in [1.807, 2.05) is 24.3 Å². The van der Waals surface area contributed by atoms with Gasteiger partial charge >= 0.3 is 0 Å². The average molecular weight is 181 g/mol. The van der Waals surface area contributed by atoms with Gasteiger partial charge in [0.25, 0.3) is 0 Å². The van der Waals surface area contributed by atoms with Crippen LogP contribution in [-0.4, -0.2) is 9.97 Å². The molecular formula is C11H7N3. The first-order valence-electron chi connectivity index (χ1n) is 4.17. The lowest BCUT2D eigenvalue weighted by Gasteiger charge is -2.01. The van der Waals surface area contributed by atoms with Crippen molar-refractivity contribution < 1.29 is 0 Å². The second kappa shape index (κ2) is 3.67. The highest BCUT2D eigenvalue weighted by atomic mass is 14.7. The van der Waals surface area contributed by atoms with E-state index in [-0.39, 0.29) is 0 Å². The topological polar surface area (TPSA) is 49.6 Å². The molecule has 3 heteroatoms. The summed E-state index contributed by atoms with van der Waals surface area (Å²) in [5.41, 5.74) is 2.25.